The highest BCUT2D eigenvalue weighted by Crippen LogP contribution is 2.34. The van der Waals surface area contributed by atoms with Crippen molar-refractivity contribution in [3.05, 3.63) is 18.2 Å². The van der Waals surface area contributed by atoms with E-state index in [1.165, 1.54) is 0 Å². The van der Waals surface area contributed by atoms with Gasteiger partial charge in [-0.1, -0.05) is 0 Å². The fourth-order valence-corrected chi connectivity index (χ4v) is 2.94. The van der Waals surface area contributed by atoms with Crippen molar-refractivity contribution >= 4 is 17.7 Å². The van der Waals surface area contributed by atoms with Crippen molar-refractivity contribution < 1.29 is 19.0 Å². The maximum atomic E-state index is 11.7. The first-order valence-corrected chi connectivity index (χ1v) is 7.60. The standard InChI is InChI=1S/C13H16N2O4S/c16-13(10-6-20-7-15-10)14-3-4-17-9-1-2-11-12(5-9)19-8-18-11/h1-2,5,10,15H,3-4,6-8H2,(H,14,16). The summed E-state index contributed by atoms with van der Waals surface area (Å²) >= 11 is 1.73. The van der Waals surface area contributed by atoms with Crippen LogP contribution in [-0.2, 0) is 4.79 Å². The molecule has 1 aromatic carbocycles. The van der Waals surface area contributed by atoms with Crippen molar-refractivity contribution in [2.45, 2.75) is 6.04 Å². The first kappa shape index (κ1) is 13.4. The predicted octanol–water partition coefficient (Wildman–Crippen LogP) is 0.573. The smallest absolute Gasteiger partial charge is 0.238 e. The van der Waals surface area contributed by atoms with Crippen LogP contribution in [0, 0.1) is 0 Å². The maximum Gasteiger partial charge on any atom is 0.238 e. The van der Waals surface area contributed by atoms with E-state index in [0.29, 0.717) is 24.7 Å². The summed E-state index contributed by atoms with van der Waals surface area (Å²) in [5.41, 5.74) is 0. The Labute approximate surface area is 121 Å². The van der Waals surface area contributed by atoms with Gasteiger partial charge in [0.2, 0.25) is 12.7 Å². The molecule has 2 aliphatic heterocycles. The third kappa shape index (κ3) is 3.10. The van der Waals surface area contributed by atoms with E-state index in [0.717, 1.165) is 17.4 Å². The molecule has 2 N–H and O–H groups in total. The molecule has 1 amide bonds. The van der Waals surface area contributed by atoms with Gasteiger partial charge < -0.3 is 19.5 Å². The van der Waals surface area contributed by atoms with Gasteiger partial charge in [-0.15, -0.1) is 11.8 Å². The van der Waals surface area contributed by atoms with E-state index in [-0.39, 0.29) is 18.7 Å². The molecule has 1 fully saturated rings. The van der Waals surface area contributed by atoms with Gasteiger partial charge in [-0.25, -0.2) is 0 Å². The van der Waals surface area contributed by atoms with Gasteiger partial charge in [0.05, 0.1) is 12.6 Å². The normalized spacial score (nSPS) is 19.9. The quantitative estimate of drug-likeness (QED) is 0.775. The van der Waals surface area contributed by atoms with Crippen LogP contribution in [0.3, 0.4) is 0 Å². The SMILES string of the molecule is O=C(NCCOc1ccc2c(c1)OCO2)C1CSCN1. The Morgan fingerprint density at radius 2 is 2.35 bits per heavy atom. The summed E-state index contributed by atoms with van der Waals surface area (Å²) in [4.78, 5) is 11.7. The van der Waals surface area contributed by atoms with Crippen LogP contribution in [0.4, 0.5) is 0 Å². The number of carbonyl (C=O) groups excluding carboxylic acids is 1. The molecular formula is C13H16N2O4S. The summed E-state index contributed by atoms with van der Waals surface area (Å²) in [6.07, 6.45) is 0. The maximum absolute atomic E-state index is 11.7. The molecular weight excluding hydrogens is 280 g/mol. The van der Waals surface area contributed by atoms with Crippen molar-refractivity contribution in [1.29, 1.82) is 0 Å². The number of rotatable bonds is 5. The number of nitrogens with one attached hydrogen (secondary N) is 2. The molecule has 0 aliphatic carbocycles. The second-order valence-corrected chi connectivity index (χ2v) is 5.46. The van der Waals surface area contributed by atoms with Crippen LogP contribution in [0.5, 0.6) is 17.2 Å². The Hall–Kier alpha value is -1.60. The van der Waals surface area contributed by atoms with Crippen LogP contribution in [0.1, 0.15) is 0 Å². The Bertz CT molecular complexity index is 491. The molecule has 2 aliphatic rings. The number of fused-ring (bicyclic) bond motifs is 1. The molecule has 108 valence electrons. The lowest BCUT2D eigenvalue weighted by Crippen LogP contribution is -2.43. The molecule has 1 saturated heterocycles. The molecule has 0 aromatic heterocycles. The van der Waals surface area contributed by atoms with E-state index in [4.69, 9.17) is 14.2 Å². The molecule has 0 saturated carbocycles. The number of benzene rings is 1. The first-order valence-electron chi connectivity index (χ1n) is 6.44. The van der Waals surface area contributed by atoms with Crippen LogP contribution in [0.2, 0.25) is 0 Å². The second kappa shape index (κ2) is 6.23. The topological polar surface area (TPSA) is 68.8 Å². The van der Waals surface area contributed by atoms with E-state index in [2.05, 4.69) is 10.6 Å². The van der Waals surface area contributed by atoms with Crippen LogP contribution in [0.25, 0.3) is 0 Å². The zero-order valence-corrected chi connectivity index (χ0v) is 11.7. The summed E-state index contributed by atoms with van der Waals surface area (Å²) < 4.78 is 16.1. The van der Waals surface area contributed by atoms with E-state index >= 15 is 0 Å². The lowest BCUT2D eigenvalue weighted by atomic mass is 10.3. The predicted molar refractivity (Wildman–Crippen MR) is 75.3 cm³/mol. The van der Waals surface area contributed by atoms with Gasteiger partial charge >= 0.3 is 0 Å². The fraction of sp³-hybridized carbons (Fsp3) is 0.462. The Kier molecular flexibility index (Phi) is 4.17. The van der Waals surface area contributed by atoms with Crippen molar-refractivity contribution in [1.82, 2.24) is 10.6 Å². The van der Waals surface area contributed by atoms with E-state index in [9.17, 15) is 4.79 Å². The van der Waals surface area contributed by atoms with Gasteiger partial charge in [0.25, 0.3) is 0 Å². The zero-order valence-electron chi connectivity index (χ0n) is 10.9. The summed E-state index contributed by atoms with van der Waals surface area (Å²) in [7, 11) is 0. The van der Waals surface area contributed by atoms with E-state index in [1.54, 1.807) is 17.8 Å². The number of amides is 1. The fourth-order valence-electron chi connectivity index (χ4n) is 2.00. The minimum Gasteiger partial charge on any atom is -0.492 e. The molecule has 7 heteroatoms. The van der Waals surface area contributed by atoms with Gasteiger partial charge in [-0.3, -0.25) is 10.1 Å². The first-order chi connectivity index (χ1) is 9.83. The van der Waals surface area contributed by atoms with Gasteiger partial charge in [0.1, 0.15) is 12.4 Å². The molecule has 20 heavy (non-hydrogen) atoms. The van der Waals surface area contributed by atoms with Crippen molar-refractivity contribution in [3.8, 4) is 17.2 Å². The lowest BCUT2D eigenvalue weighted by Gasteiger charge is -2.11. The van der Waals surface area contributed by atoms with E-state index in [1.807, 2.05) is 12.1 Å². The Balaban J connectivity index is 1.40. The van der Waals surface area contributed by atoms with Crippen LogP contribution >= 0.6 is 11.8 Å². The summed E-state index contributed by atoms with van der Waals surface area (Å²) in [6, 6.07) is 5.35. The zero-order chi connectivity index (χ0) is 13.8. The molecule has 3 rings (SSSR count). The summed E-state index contributed by atoms with van der Waals surface area (Å²) in [5.74, 6) is 3.83. The van der Waals surface area contributed by atoms with Gasteiger partial charge in [0, 0.05) is 17.7 Å². The molecule has 1 unspecified atom stereocenters. The van der Waals surface area contributed by atoms with Gasteiger partial charge in [-0.05, 0) is 12.1 Å². The average molecular weight is 296 g/mol. The molecule has 0 radical (unpaired) electrons. The Morgan fingerprint density at radius 1 is 1.45 bits per heavy atom. The molecule has 1 atom stereocenters. The number of carbonyl (C=O) groups is 1. The number of ether oxygens (including phenoxy) is 3. The van der Waals surface area contributed by atoms with E-state index < -0.39 is 0 Å². The second-order valence-electron chi connectivity index (χ2n) is 4.43. The number of hydrogen-bond acceptors (Lipinski definition) is 6. The Morgan fingerprint density at radius 3 is 3.20 bits per heavy atom. The van der Waals surface area contributed by atoms with Crippen LogP contribution < -0.4 is 24.8 Å². The lowest BCUT2D eigenvalue weighted by molar-refractivity contribution is -0.122. The average Bonchev–Trinajstić information content (AvgIpc) is 3.13. The highest BCUT2D eigenvalue weighted by atomic mass is 32.2. The number of hydrogen-bond donors (Lipinski definition) is 2. The molecule has 0 spiro atoms. The third-order valence-electron chi connectivity index (χ3n) is 3.05. The molecule has 0 bridgehead atoms. The van der Waals surface area contributed by atoms with Gasteiger partial charge in [-0.2, -0.15) is 0 Å². The monoisotopic (exact) mass is 296 g/mol. The highest BCUT2D eigenvalue weighted by molar-refractivity contribution is 7.99. The van der Waals surface area contributed by atoms with Crippen molar-refractivity contribution in [2.75, 3.05) is 31.6 Å². The van der Waals surface area contributed by atoms with Crippen LogP contribution in [-0.4, -0.2) is 43.5 Å². The van der Waals surface area contributed by atoms with Crippen molar-refractivity contribution in [2.24, 2.45) is 0 Å². The molecule has 1 aromatic rings. The van der Waals surface area contributed by atoms with Crippen molar-refractivity contribution in [3.63, 3.8) is 0 Å². The molecule has 6 nitrogen and oxygen atoms in total. The highest BCUT2D eigenvalue weighted by Gasteiger charge is 2.21. The third-order valence-corrected chi connectivity index (χ3v) is 3.99. The van der Waals surface area contributed by atoms with Crippen LogP contribution in [0.15, 0.2) is 18.2 Å². The minimum atomic E-state index is -0.0782. The van der Waals surface area contributed by atoms with Gasteiger partial charge in [0.15, 0.2) is 11.5 Å². The summed E-state index contributed by atoms with van der Waals surface area (Å²) in [5, 5.41) is 5.97. The molecule has 2 heterocycles. The summed E-state index contributed by atoms with van der Waals surface area (Å²) in [6.45, 7) is 1.16. The number of thioether (sulfide) groups is 1. The minimum absolute atomic E-state index is 0.0317. The largest absolute Gasteiger partial charge is 0.492 e.